The van der Waals surface area contributed by atoms with Crippen LogP contribution in [0.5, 0.6) is 5.75 Å². The van der Waals surface area contributed by atoms with Crippen LogP contribution >= 0.6 is 12.2 Å². The quantitative estimate of drug-likeness (QED) is 0.488. The van der Waals surface area contributed by atoms with E-state index < -0.39 is 5.91 Å². The number of thiocarbonyl (C=S) groups is 1. The molecule has 2 amide bonds. The Morgan fingerprint density at radius 1 is 0.939 bits per heavy atom. The van der Waals surface area contributed by atoms with Gasteiger partial charge in [-0.1, -0.05) is 32.9 Å². The maximum absolute atomic E-state index is 12.5. The van der Waals surface area contributed by atoms with E-state index in [0.29, 0.717) is 22.7 Å². The summed E-state index contributed by atoms with van der Waals surface area (Å²) in [4.78, 5) is 32.7. The second-order valence-corrected chi connectivity index (χ2v) is 8.59. The molecule has 0 aliphatic rings. The van der Waals surface area contributed by atoms with Crippen molar-refractivity contribution in [1.82, 2.24) is 15.3 Å². The highest BCUT2D eigenvalue weighted by Gasteiger charge is 2.16. The van der Waals surface area contributed by atoms with Crippen LogP contribution < -0.4 is 20.7 Å². The topological polar surface area (TPSA) is 105 Å². The lowest BCUT2D eigenvalue weighted by Crippen LogP contribution is -2.34. The predicted molar refractivity (Wildman–Crippen MR) is 132 cm³/mol. The minimum atomic E-state index is -0.463. The molecule has 33 heavy (non-hydrogen) atoms. The fourth-order valence-corrected chi connectivity index (χ4v) is 3.14. The number of carbonyl (C=O) groups is 2. The third-order valence-corrected chi connectivity index (χ3v) is 4.92. The molecule has 2 aromatic carbocycles. The van der Waals surface area contributed by atoms with Crippen LogP contribution in [0.15, 0.2) is 60.9 Å². The highest BCUT2D eigenvalue weighted by Crippen LogP contribution is 2.28. The molecule has 0 aliphatic heterocycles. The van der Waals surface area contributed by atoms with Gasteiger partial charge in [-0.2, -0.15) is 0 Å². The molecule has 3 aromatic rings. The van der Waals surface area contributed by atoms with E-state index in [1.54, 1.807) is 36.4 Å². The van der Waals surface area contributed by atoms with E-state index in [9.17, 15) is 9.59 Å². The van der Waals surface area contributed by atoms with Crippen LogP contribution in [0.1, 0.15) is 47.3 Å². The Morgan fingerprint density at radius 3 is 2.21 bits per heavy atom. The first-order valence-corrected chi connectivity index (χ1v) is 10.6. The summed E-state index contributed by atoms with van der Waals surface area (Å²) in [6.07, 6.45) is 2.97. The van der Waals surface area contributed by atoms with Crippen molar-refractivity contribution < 1.29 is 14.3 Å². The smallest absolute Gasteiger partial charge is 0.293 e. The first-order valence-electron chi connectivity index (χ1n) is 10.2. The number of rotatable bonds is 5. The van der Waals surface area contributed by atoms with Crippen molar-refractivity contribution in [2.45, 2.75) is 26.2 Å². The molecule has 3 rings (SSSR count). The Labute approximate surface area is 197 Å². The van der Waals surface area contributed by atoms with Crippen LogP contribution in [0, 0.1) is 0 Å². The number of amides is 2. The van der Waals surface area contributed by atoms with Gasteiger partial charge in [0.25, 0.3) is 11.8 Å². The zero-order valence-corrected chi connectivity index (χ0v) is 19.6. The molecule has 0 radical (unpaired) electrons. The largest absolute Gasteiger partial charge is 0.494 e. The number of hydrogen-bond acceptors (Lipinski definition) is 6. The van der Waals surface area contributed by atoms with Crippen LogP contribution in [0.25, 0.3) is 0 Å². The molecule has 0 spiro atoms. The normalized spacial score (nSPS) is 10.8. The zero-order chi connectivity index (χ0) is 24.0. The Hall–Kier alpha value is -3.85. The highest BCUT2D eigenvalue weighted by molar-refractivity contribution is 7.80. The third kappa shape index (κ3) is 6.33. The summed E-state index contributed by atoms with van der Waals surface area (Å²) in [6.45, 7) is 6.34. The highest BCUT2D eigenvalue weighted by atomic mass is 32.1. The van der Waals surface area contributed by atoms with E-state index in [-0.39, 0.29) is 22.3 Å². The first-order chi connectivity index (χ1) is 15.7. The van der Waals surface area contributed by atoms with Gasteiger partial charge in [0.05, 0.1) is 12.8 Å². The molecule has 8 nitrogen and oxygen atoms in total. The Balaban J connectivity index is 1.63. The maximum Gasteiger partial charge on any atom is 0.293 e. The van der Waals surface area contributed by atoms with E-state index in [4.69, 9.17) is 17.0 Å². The van der Waals surface area contributed by atoms with Gasteiger partial charge in [0.2, 0.25) is 5.82 Å². The van der Waals surface area contributed by atoms with E-state index in [0.717, 1.165) is 5.56 Å². The van der Waals surface area contributed by atoms with Gasteiger partial charge < -0.3 is 15.4 Å². The van der Waals surface area contributed by atoms with Gasteiger partial charge in [0.15, 0.2) is 5.11 Å². The molecular weight excluding hydrogens is 438 g/mol. The predicted octanol–water partition coefficient (Wildman–Crippen LogP) is 4.16. The van der Waals surface area contributed by atoms with Crippen molar-refractivity contribution in [3.05, 3.63) is 77.9 Å². The lowest BCUT2D eigenvalue weighted by atomic mass is 9.87. The molecule has 0 aliphatic carbocycles. The standard InChI is InChI=1S/C24H25N5O3S/c1-24(2,3)16-8-6-15(7-9-16)21(30)29-23(33)27-17-10-11-18(19(14-17)32-4)28-22(31)20-25-12-5-13-26-20/h5-14H,1-4H3,(H,28,31)(H2,27,29,30,33). The van der Waals surface area contributed by atoms with Gasteiger partial charge in [-0.05, 0) is 53.5 Å². The van der Waals surface area contributed by atoms with Crippen LogP contribution in [0.2, 0.25) is 0 Å². The SMILES string of the molecule is COc1cc(NC(=S)NC(=O)c2ccc(C(C)(C)C)cc2)ccc1NC(=O)c1ncccn1. The molecule has 0 saturated heterocycles. The number of methoxy groups -OCH3 is 1. The Morgan fingerprint density at radius 2 is 1.61 bits per heavy atom. The van der Waals surface area contributed by atoms with Gasteiger partial charge in [-0.15, -0.1) is 0 Å². The number of nitrogens with zero attached hydrogens (tertiary/aromatic N) is 2. The molecule has 0 saturated carbocycles. The fraction of sp³-hybridized carbons (Fsp3) is 0.208. The van der Waals surface area contributed by atoms with Gasteiger partial charge in [-0.25, -0.2) is 9.97 Å². The lowest BCUT2D eigenvalue weighted by molar-refractivity contribution is 0.0976. The maximum atomic E-state index is 12.5. The molecule has 1 aromatic heterocycles. The molecule has 3 N–H and O–H groups in total. The van der Waals surface area contributed by atoms with Crippen molar-refractivity contribution >= 4 is 40.5 Å². The summed E-state index contributed by atoms with van der Waals surface area (Å²) in [5, 5.41) is 8.45. The summed E-state index contributed by atoms with van der Waals surface area (Å²) in [5.41, 5.74) is 2.66. The molecular formula is C24H25N5O3S. The number of carbonyl (C=O) groups excluding carboxylic acids is 2. The number of benzene rings is 2. The number of nitrogens with one attached hydrogen (secondary N) is 3. The molecule has 170 valence electrons. The molecule has 0 fully saturated rings. The Kier molecular flexibility index (Phi) is 7.34. The van der Waals surface area contributed by atoms with Crippen molar-refractivity contribution in [3.63, 3.8) is 0 Å². The minimum Gasteiger partial charge on any atom is -0.494 e. The molecule has 0 atom stereocenters. The summed E-state index contributed by atoms with van der Waals surface area (Å²) in [7, 11) is 1.48. The number of hydrogen-bond donors (Lipinski definition) is 3. The summed E-state index contributed by atoms with van der Waals surface area (Å²) in [5.74, 6) is -0.334. The van der Waals surface area contributed by atoms with E-state index in [1.807, 2.05) is 12.1 Å². The second kappa shape index (κ2) is 10.2. The van der Waals surface area contributed by atoms with Gasteiger partial charge in [0.1, 0.15) is 5.75 Å². The number of ether oxygens (including phenoxy) is 1. The monoisotopic (exact) mass is 463 g/mol. The number of anilines is 2. The van der Waals surface area contributed by atoms with Crippen LogP contribution in [0.3, 0.4) is 0 Å². The summed E-state index contributed by atoms with van der Waals surface area (Å²) in [6, 6.07) is 14.0. The van der Waals surface area contributed by atoms with Gasteiger partial charge >= 0.3 is 0 Å². The molecule has 1 heterocycles. The lowest BCUT2D eigenvalue weighted by Gasteiger charge is -2.19. The zero-order valence-electron chi connectivity index (χ0n) is 18.8. The summed E-state index contributed by atoms with van der Waals surface area (Å²) < 4.78 is 5.37. The summed E-state index contributed by atoms with van der Waals surface area (Å²) >= 11 is 5.27. The third-order valence-electron chi connectivity index (χ3n) is 4.72. The van der Waals surface area contributed by atoms with E-state index in [1.165, 1.54) is 19.5 Å². The number of aromatic nitrogens is 2. The van der Waals surface area contributed by atoms with E-state index in [2.05, 4.69) is 46.7 Å². The molecule has 9 heteroatoms. The van der Waals surface area contributed by atoms with Crippen molar-refractivity contribution in [1.29, 1.82) is 0 Å². The van der Waals surface area contributed by atoms with Gasteiger partial charge in [0, 0.05) is 29.7 Å². The van der Waals surface area contributed by atoms with E-state index >= 15 is 0 Å². The second-order valence-electron chi connectivity index (χ2n) is 8.18. The average molecular weight is 464 g/mol. The van der Waals surface area contributed by atoms with Crippen LogP contribution in [-0.2, 0) is 5.41 Å². The molecule has 0 bridgehead atoms. The van der Waals surface area contributed by atoms with Crippen molar-refractivity contribution in [2.24, 2.45) is 0 Å². The minimum absolute atomic E-state index is 0.00463. The first kappa shape index (κ1) is 23.8. The van der Waals surface area contributed by atoms with Crippen molar-refractivity contribution in [3.8, 4) is 5.75 Å². The van der Waals surface area contributed by atoms with Crippen LogP contribution in [-0.4, -0.2) is 34.0 Å². The fourth-order valence-electron chi connectivity index (χ4n) is 2.93. The Bertz CT molecular complexity index is 1160. The van der Waals surface area contributed by atoms with Crippen LogP contribution in [0.4, 0.5) is 11.4 Å². The van der Waals surface area contributed by atoms with Gasteiger partial charge in [-0.3, -0.25) is 14.9 Å². The molecule has 0 unspecified atom stereocenters. The average Bonchev–Trinajstić information content (AvgIpc) is 2.80. The van der Waals surface area contributed by atoms with Crippen molar-refractivity contribution in [2.75, 3.05) is 17.7 Å².